The second kappa shape index (κ2) is 14.3. The van der Waals surface area contributed by atoms with Gasteiger partial charge in [-0.15, -0.1) is 11.8 Å². The van der Waals surface area contributed by atoms with E-state index in [-0.39, 0.29) is 0 Å². The van der Waals surface area contributed by atoms with Gasteiger partial charge in [-0.05, 0) is 55.4 Å². The fourth-order valence-corrected chi connectivity index (χ4v) is 6.15. The van der Waals surface area contributed by atoms with E-state index in [2.05, 4.69) is 50.0 Å². The van der Waals surface area contributed by atoms with Gasteiger partial charge in [-0.3, -0.25) is 0 Å². The van der Waals surface area contributed by atoms with Crippen molar-refractivity contribution in [3.8, 4) is 0 Å². The first-order valence-electron chi connectivity index (χ1n) is 12.3. The molecule has 0 spiro atoms. The molecule has 0 bridgehead atoms. The maximum atomic E-state index is 11.9. The Morgan fingerprint density at radius 3 is 2.53 bits per heavy atom. The number of nitrogens with zero attached hydrogens (tertiary/aromatic N) is 3. The number of thioether (sulfide) groups is 1. The number of alkyl halides is 1. The van der Waals surface area contributed by atoms with Crippen LogP contribution in [0.4, 0.5) is 4.39 Å². The summed E-state index contributed by atoms with van der Waals surface area (Å²) in [5.74, 6) is 0.876. The molecule has 0 radical (unpaired) electrons. The average molecular weight is 537 g/mol. The van der Waals surface area contributed by atoms with Crippen molar-refractivity contribution in [2.24, 2.45) is 11.7 Å². The van der Waals surface area contributed by atoms with E-state index in [0.717, 1.165) is 69.6 Å². The minimum absolute atomic E-state index is 0.569. The number of benzene rings is 1. The molecule has 36 heavy (non-hydrogen) atoms. The number of piperidine rings is 1. The van der Waals surface area contributed by atoms with Crippen LogP contribution in [0.2, 0.25) is 0 Å². The number of ether oxygens (including phenoxy) is 1. The Hall–Kier alpha value is -1.69. The van der Waals surface area contributed by atoms with Crippen LogP contribution in [0.3, 0.4) is 0 Å². The molecule has 4 rings (SSSR count). The molecule has 0 amide bonds. The van der Waals surface area contributed by atoms with Gasteiger partial charge in [0.05, 0.1) is 18.2 Å². The first-order valence-corrected chi connectivity index (χ1v) is 14.0. The fourth-order valence-electron chi connectivity index (χ4n) is 3.97. The van der Waals surface area contributed by atoms with E-state index in [4.69, 9.17) is 15.6 Å². The van der Waals surface area contributed by atoms with Crippen molar-refractivity contribution in [2.75, 3.05) is 45.1 Å². The smallest absolute Gasteiger partial charge is 0.340 e. The van der Waals surface area contributed by atoms with Crippen LogP contribution in [-0.2, 0) is 16.1 Å². The van der Waals surface area contributed by atoms with E-state index in [1.807, 2.05) is 36.2 Å². The van der Waals surface area contributed by atoms with Gasteiger partial charge in [0.1, 0.15) is 0 Å². The summed E-state index contributed by atoms with van der Waals surface area (Å²) in [5.41, 5.74) is 6.31. The first-order chi connectivity index (χ1) is 17.2. The van der Waals surface area contributed by atoms with Crippen molar-refractivity contribution >= 4 is 29.9 Å². The first kappa shape index (κ1) is 28.9. The highest BCUT2D eigenvalue weighted by atomic mass is 32.2. The molecular weight excluding hydrogens is 499 g/mol. The summed E-state index contributed by atoms with van der Waals surface area (Å²) >= 11 is 3.78. The monoisotopic (exact) mass is 536 g/mol. The van der Waals surface area contributed by atoms with E-state index in [9.17, 15) is 9.18 Å². The number of pyridine rings is 1. The molecule has 2 aliphatic heterocycles. The SMILES string of the molecule is CC(C)(F)C(=O)O.NCc1ccnc(SCC2CC(c3ccccc3)CN(SN3CCOCC3)C2)c1. The number of hydrogen-bond donors (Lipinski definition) is 2. The van der Waals surface area contributed by atoms with Crippen molar-refractivity contribution in [1.82, 2.24) is 13.6 Å². The number of nitrogens with two attached hydrogens (primary N) is 1. The third-order valence-electron chi connectivity index (χ3n) is 5.99. The highest BCUT2D eigenvalue weighted by Crippen LogP contribution is 2.36. The van der Waals surface area contributed by atoms with Gasteiger partial charge in [-0.1, -0.05) is 30.3 Å². The Morgan fingerprint density at radius 2 is 1.89 bits per heavy atom. The predicted molar refractivity (Wildman–Crippen MR) is 145 cm³/mol. The molecular formula is C26H37FN4O3S2. The molecule has 2 saturated heterocycles. The Balaban J connectivity index is 0.000000454. The van der Waals surface area contributed by atoms with Gasteiger partial charge in [0.2, 0.25) is 5.67 Å². The highest BCUT2D eigenvalue weighted by molar-refractivity contribution is 7.99. The number of halogens is 1. The van der Waals surface area contributed by atoms with Crippen LogP contribution in [-0.4, -0.2) is 75.5 Å². The average Bonchev–Trinajstić information content (AvgIpc) is 2.88. The zero-order chi connectivity index (χ0) is 26.0. The number of carboxylic acids is 1. The van der Waals surface area contributed by atoms with Crippen LogP contribution in [0, 0.1) is 5.92 Å². The van der Waals surface area contributed by atoms with E-state index in [1.54, 1.807) is 0 Å². The lowest BCUT2D eigenvalue weighted by Crippen LogP contribution is -2.41. The Morgan fingerprint density at radius 1 is 1.19 bits per heavy atom. The summed E-state index contributed by atoms with van der Waals surface area (Å²) < 4.78 is 22.4. The molecule has 3 heterocycles. The maximum Gasteiger partial charge on any atom is 0.340 e. The van der Waals surface area contributed by atoms with E-state index in [1.165, 1.54) is 12.0 Å². The summed E-state index contributed by atoms with van der Waals surface area (Å²) in [4.78, 5) is 14.2. The number of morpholine rings is 1. The molecule has 2 aliphatic rings. The van der Waals surface area contributed by atoms with E-state index >= 15 is 0 Å². The molecule has 1 aromatic carbocycles. The largest absolute Gasteiger partial charge is 0.479 e. The molecule has 3 N–H and O–H groups in total. The zero-order valence-corrected chi connectivity index (χ0v) is 22.6. The van der Waals surface area contributed by atoms with Gasteiger partial charge in [0, 0.05) is 56.8 Å². The molecule has 7 nitrogen and oxygen atoms in total. The van der Waals surface area contributed by atoms with Gasteiger partial charge in [-0.2, -0.15) is 0 Å². The second-order valence-electron chi connectivity index (χ2n) is 9.47. The lowest BCUT2D eigenvalue weighted by atomic mass is 9.86. The van der Waals surface area contributed by atoms with Gasteiger partial charge in [0.15, 0.2) is 0 Å². The molecule has 0 saturated carbocycles. The van der Waals surface area contributed by atoms with Crippen LogP contribution in [0.5, 0.6) is 0 Å². The van der Waals surface area contributed by atoms with Crippen LogP contribution >= 0.6 is 23.9 Å². The second-order valence-corrected chi connectivity index (χ2v) is 11.7. The summed E-state index contributed by atoms with van der Waals surface area (Å²) in [7, 11) is 0. The molecule has 2 fully saturated rings. The van der Waals surface area contributed by atoms with Crippen LogP contribution < -0.4 is 5.73 Å². The molecule has 1 aromatic heterocycles. The Labute approximate surface area is 222 Å². The predicted octanol–water partition coefficient (Wildman–Crippen LogP) is 4.45. The molecule has 10 heteroatoms. The van der Waals surface area contributed by atoms with Crippen LogP contribution in [0.15, 0.2) is 53.7 Å². The summed E-state index contributed by atoms with van der Waals surface area (Å²) in [5, 5.41) is 8.96. The van der Waals surface area contributed by atoms with Crippen LogP contribution in [0.25, 0.3) is 0 Å². The van der Waals surface area contributed by atoms with Crippen molar-refractivity contribution in [3.63, 3.8) is 0 Å². The van der Waals surface area contributed by atoms with Crippen molar-refractivity contribution < 1.29 is 19.0 Å². The lowest BCUT2D eigenvalue weighted by molar-refractivity contribution is -0.148. The van der Waals surface area contributed by atoms with E-state index < -0.39 is 11.6 Å². The third kappa shape index (κ3) is 9.64. The van der Waals surface area contributed by atoms with Crippen molar-refractivity contribution in [3.05, 3.63) is 59.8 Å². The van der Waals surface area contributed by atoms with Gasteiger partial charge >= 0.3 is 5.97 Å². The van der Waals surface area contributed by atoms with Crippen molar-refractivity contribution in [1.29, 1.82) is 0 Å². The lowest BCUT2D eigenvalue weighted by Gasteiger charge is -2.39. The normalized spacial score (nSPS) is 21.4. The maximum absolute atomic E-state index is 11.9. The number of carboxylic acid groups (broad SMARTS) is 1. The van der Waals surface area contributed by atoms with Gasteiger partial charge < -0.3 is 15.6 Å². The number of aliphatic carboxylic acids is 1. The summed E-state index contributed by atoms with van der Waals surface area (Å²) in [6.07, 6.45) is 3.10. The number of aromatic nitrogens is 1. The fraction of sp³-hybridized carbons (Fsp3) is 0.538. The number of carbonyl (C=O) groups is 1. The molecule has 2 aromatic rings. The van der Waals surface area contributed by atoms with Crippen LogP contribution in [0.1, 0.15) is 37.3 Å². The van der Waals surface area contributed by atoms with Gasteiger partial charge in [-0.25, -0.2) is 22.8 Å². The Kier molecular flexibility index (Phi) is 11.5. The number of rotatable bonds is 8. The summed E-state index contributed by atoms with van der Waals surface area (Å²) in [6.45, 7) is 8.48. The molecule has 0 aliphatic carbocycles. The topological polar surface area (TPSA) is 91.9 Å². The minimum Gasteiger partial charge on any atom is -0.479 e. The minimum atomic E-state index is -2.08. The van der Waals surface area contributed by atoms with Gasteiger partial charge in [0.25, 0.3) is 0 Å². The Bertz CT molecular complexity index is 942. The third-order valence-corrected chi connectivity index (χ3v) is 8.27. The number of hydrogen-bond acceptors (Lipinski definition) is 8. The van der Waals surface area contributed by atoms with E-state index in [0.29, 0.717) is 18.4 Å². The van der Waals surface area contributed by atoms with Crippen molar-refractivity contribution in [2.45, 2.75) is 43.4 Å². The quantitative estimate of drug-likeness (QED) is 0.375. The zero-order valence-electron chi connectivity index (χ0n) is 21.0. The standard InChI is InChI=1S/C22H30N4OS2.C4H7FO2/c23-14-18-6-7-24-22(13-18)28-17-19-12-21(20-4-2-1-3-5-20)16-26(15-19)29-25-8-10-27-11-9-25;1-4(2,5)3(6)7/h1-7,13,19,21H,8-12,14-17,23H2;1-2H3,(H,6,7). The molecule has 198 valence electrons. The summed E-state index contributed by atoms with van der Waals surface area (Å²) in [6, 6.07) is 15.1. The molecule has 2 atom stereocenters. The molecule has 2 unspecified atom stereocenters. The highest BCUT2D eigenvalue weighted by Gasteiger charge is 2.30.